The van der Waals surface area contributed by atoms with Crippen molar-refractivity contribution in [2.45, 2.75) is 71.4 Å². The molecular formula is C22H38IN3O3S. The van der Waals surface area contributed by atoms with Gasteiger partial charge in [-0.3, -0.25) is 0 Å². The van der Waals surface area contributed by atoms with Gasteiger partial charge in [-0.25, -0.2) is 13.4 Å². The van der Waals surface area contributed by atoms with E-state index in [9.17, 15) is 8.42 Å². The van der Waals surface area contributed by atoms with Gasteiger partial charge in [-0.15, -0.1) is 24.0 Å². The van der Waals surface area contributed by atoms with Gasteiger partial charge in [0.2, 0.25) is 0 Å². The monoisotopic (exact) mass is 551 g/mol. The smallest absolute Gasteiger partial charge is 0.191 e. The molecule has 2 rings (SSSR count). The van der Waals surface area contributed by atoms with E-state index in [1.54, 1.807) is 0 Å². The number of hydrogen-bond acceptors (Lipinski definition) is 4. The summed E-state index contributed by atoms with van der Waals surface area (Å²) in [4.78, 5) is 4.75. The molecule has 6 nitrogen and oxygen atoms in total. The molecular weight excluding hydrogens is 513 g/mol. The van der Waals surface area contributed by atoms with Gasteiger partial charge in [0, 0.05) is 30.9 Å². The summed E-state index contributed by atoms with van der Waals surface area (Å²) in [5.41, 5.74) is 2.01. The van der Waals surface area contributed by atoms with Crippen molar-refractivity contribution in [2.24, 2.45) is 10.4 Å². The first-order chi connectivity index (χ1) is 13.8. The molecule has 2 atom stereocenters. The van der Waals surface area contributed by atoms with Crippen LogP contribution in [0.25, 0.3) is 0 Å². The third-order valence-electron chi connectivity index (χ3n) is 6.00. The first kappa shape index (κ1) is 27.2. The number of rotatable bonds is 10. The van der Waals surface area contributed by atoms with Crippen molar-refractivity contribution in [3.8, 4) is 0 Å². The Morgan fingerprint density at radius 2 is 1.73 bits per heavy atom. The van der Waals surface area contributed by atoms with E-state index < -0.39 is 9.84 Å². The molecule has 1 aromatic carbocycles. The fourth-order valence-corrected chi connectivity index (χ4v) is 5.08. The number of halogens is 1. The van der Waals surface area contributed by atoms with Gasteiger partial charge in [-0.2, -0.15) is 0 Å². The second-order valence-electron chi connectivity index (χ2n) is 7.90. The highest BCUT2D eigenvalue weighted by atomic mass is 127. The first-order valence-electron chi connectivity index (χ1n) is 10.7. The van der Waals surface area contributed by atoms with Crippen LogP contribution in [0.5, 0.6) is 0 Å². The molecule has 1 aliphatic rings. The van der Waals surface area contributed by atoms with Crippen LogP contribution in [0, 0.1) is 5.41 Å². The van der Waals surface area contributed by atoms with Crippen molar-refractivity contribution < 1.29 is 13.2 Å². The zero-order valence-electron chi connectivity index (χ0n) is 18.9. The second kappa shape index (κ2) is 12.2. The molecule has 2 unspecified atom stereocenters. The fraction of sp³-hybridized carbons (Fsp3) is 0.682. The van der Waals surface area contributed by atoms with Gasteiger partial charge in [0.05, 0.1) is 18.4 Å². The summed E-state index contributed by atoms with van der Waals surface area (Å²) in [7, 11) is -3.02. The quantitative estimate of drug-likeness (QED) is 0.262. The number of ether oxygens (including phenoxy) is 1. The normalized spacial score (nSPS) is 20.8. The van der Waals surface area contributed by atoms with Crippen LogP contribution in [-0.4, -0.2) is 45.9 Å². The van der Waals surface area contributed by atoms with Crippen molar-refractivity contribution in [1.29, 1.82) is 0 Å². The molecule has 0 aliphatic heterocycles. The highest BCUT2D eigenvalue weighted by Crippen LogP contribution is 2.48. The molecule has 2 N–H and O–H groups in total. The minimum absolute atomic E-state index is 0. The van der Waals surface area contributed by atoms with Gasteiger partial charge in [0.1, 0.15) is 0 Å². The molecule has 0 saturated heterocycles. The molecule has 0 radical (unpaired) electrons. The highest BCUT2D eigenvalue weighted by Gasteiger charge is 2.53. The van der Waals surface area contributed by atoms with E-state index >= 15 is 0 Å². The number of nitrogens with one attached hydrogen (secondary N) is 2. The Kier molecular flexibility index (Phi) is 11.1. The van der Waals surface area contributed by atoms with Crippen molar-refractivity contribution in [3.63, 3.8) is 0 Å². The van der Waals surface area contributed by atoms with Gasteiger partial charge in [0.15, 0.2) is 15.8 Å². The Hall–Kier alpha value is -0.870. The van der Waals surface area contributed by atoms with E-state index in [1.807, 2.05) is 24.3 Å². The summed E-state index contributed by atoms with van der Waals surface area (Å²) in [6.45, 7) is 10.7. The lowest BCUT2D eigenvalue weighted by molar-refractivity contribution is -0.133. The summed E-state index contributed by atoms with van der Waals surface area (Å²) in [5.74, 6) is 0.887. The molecule has 1 fully saturated rings. The molecule has 0 bridgehead atoms. The number of benzene rings is 1. The van der Waals surface area contributed by atoms with Gasteiger partial charge < -0.3 is 15.4 Å². The number of hydrogen-bond donors (Lipinski definition) is 2. The maximum atomic E-state index is 11.4. The number of nitrogens with zero attached hydrogens (tertiary/aromatic N) is 1. The fourth-order valence-electron chi connectivity index (χ4n) is 4.28. The Bertz CT molecular complexity index is 777. The lowest BCUT2D eigenvalue weighted by Gasteiger charge is -2.55. The van der Waals surface area contributed by atoms with Crippen LogP contribution in [0.1, 0.15) is 58.1 Å². The number of aliphatic imine (C=N–C) groups is 1. The third kappa shape index (κ3) is 7.09. The summed E-state index contributed by atoms with van der Waals surface area (Å²) in [5, 5.41) is 6.97. The van der Waals surface area contributed by atoms with Crippen LogP contribution in [0.2, 0.25) is 0 Å². The van der Waals surface area contributed by atoms with E-state index in [0.29, 0.717) is 18.7 Å². The van der Waals surface area contributed by atoms with E-state index in [4.69, 9.17) is 9.73 Å². The van der Waals surface area contributed by atoms with E-state index in [2.05, 4.69) is 38.3 Å². The maximum Gasteiger partial charge on any atom is 0.191 e. The predicted molar refractivity (Wildman–Crippen MR) is 135 cm³/mol. The van der Waals surface area contributed by atoms with Crippen LogP contribution in [-0.2, 0) is 26.9 Å². The first-order valence-corrected chi connectivity index (χ1v) is 12.8. The maximum absolute atomic E-state index is 11.4. The highest BCUT2D eigenvalue weighted by molar-refractivity contribution is 14.0. The van der Waals surface area contributed by atoms with Crippen molar-refractivity contribution >= 4 is 39.8 Å². The van der Waals surface area contributed by atoms with Crippen molar-refractivity contribution in [1.82, 2.24) is 10.6 Å². The predicted octanol–water partition coefficient (Wildman–Crippen LogP) is 3.89. The van der Waals surface area contributed by atoms with E-state index in [0.717, 1.165) is 49.5 Å². The van der Waals surface area contributed by atoms with Gasteiger partial charge >= 0.3 is 0 Å². The van der Waals surface area contributed by atoms with Crippen LogP contribution < -0.4 is 10.6 Å². The standard InChI is InChI=1S/C22H37N3O3S.HI/c1-6-22(7-2)19(14-20(22)28-9-4)25-21(23-8-3)24-15-17-10-12-18(13-11-17)16-29(5,26)27;/h10-13,19-20H,6-9,14-16H2,1-5H3,(H2,23,24,25);1H. The molecule has 1 aliphatic carbocycles. The molecule has 0 amide bonds. The molecule has 1 saturated carbocycles. The van der Waals surface area contributed by atoms with E-state index in [1.165, 1.54) is 6.26 Å². The number of sulfone groups is 1. The summed E-state index contributed by atoms with van der Waals surface area (Å²) in [6.07, 6.45) is 4.72. The minimum atomic E-state index is -3.02. The Morgan fingerprint density at radius 1 is 1.13 bits per heavy atom. The minimum Gasteiger partial charge on any atom is -0.378 e. The zero-order valence-corrected chi connectivity index (χ0v) is 22.0. The molecule has 0 spiro atoms. The van der Waals surface area contributed by atoms with Crippen LogP contribution >= 0.6 is 24.0 Å². The average molecular weight is 552 g/mol. The van der Waals surface area contributed by atoms with Crippen LogP contribution in [0.15, 0.2) is 29.3 Å². The lowest BCUT2D eigenvalue weighted by Crippen LogP contribution is -2.65. The molecule has 0 heterocycles. The largest absolute Gasteiger partial charge is 0.378 e. The van der Waals surface area contributed by atoms with Crippen molar-refractivity contribution in [2.75, 3.05) is 19.4 Å². The Morgan fingerprint density at radius 3 is 2.23 bits per heavy atom. The van der Waals surface area contributed by atoms with E-state index in [-0.39, 0.29) is 35.1 Å². The Labute approximate surface area is 199 Å². The average Bonchev–Trinajstić information content (AvgIpc) is 2.66. The van der Waals surface area contributed by atoms with Crippen molar-refractivity contribution in [3.05, 3.63) is 35.4 Å². The summed E-state index contributed by atoms with van der Waals surface area (Å²) < 4.78 is 28.8. The molecule has 1 aromatic rings. The van der Waals surface area contributed by atoms with Gasteiger partial charge in [-0.1, -0.05) is 38.1 Å². The van der Waals surface area contributed by atoms with Gasteiger partial charge in [0.25, 0.3) is 0 Å². The second-order valence-corrected chi connectivity index (χ2v) is 10.0. The van der Waals surface area contributed by atoms with Crippen LogP contribution in [0.3, 0.4) is 0 Å². The third-order valence-corrected chi connectivity index (χ3v) is 6.85. The number of guanidine groups is 1. The van der Waals surface area contributed by atoms with Gasteiger partial charge in [-0.05, 0) is 44.2 Å². The molecule has 0 aromatic heterocycles. The zero-order chi connectivity index (χ0) is 21.5. The summed E-state index contributed by atoms with van der Waals surface area (Å²) >= 11 is 0. The Balaban J connectivity index is 0.00000450. The lowest BCUT2D eigenvalue weighted by atomic mass is 9.58. The molecule has 172 valence electrons. The summed E-state index contributed by atoms with van der Waals surface area (Å²) in [6, 6.07) is 7.98. The SMILES string of the molecule is CCNC(=NCc1ccc(CS(C)(=O)=O)cc1)NC1CC(OCC)C1(CC)CC.I. The molecule has 30 heavy (non-hydrogen) atoms. The topological polar surface area (TPSA) is 79.8 Å². The molecule has 8 heteroatoms. The van der Waals surface area contributed by atoms with Crippen LogP contribution in [0.4, 0.5) is 0 Å².